The number of carbonyl (C=O) groups excluding carboxylic acids is 1. The maximum absolute atomic E-state index is 11.8. The molecule has 0 fully saturated rings. The van der Waals surface area contributed by atoms with Crippen LogP contribution in [0.15, 0.2) is 41.8 Å². The predicted molar refractivity (Wildman–Crippen MR) is 90.9 cm³/mol. The van der Waals surface area contributed by atoms with Gasteiger partial charge in [-0.05, 0) is 35.7 Å². The van der Waals surface area contributed by atoms with Crippen LogP contribution in [0.3, 0.4) is 0 Å². The van der Waals surface area contributed by atoms with E-state index in [0.29, 0.717) is 13.0 Å². The Balaban J connectivity index is 1.79. The molecule has 0 atom stereocenters. The second-order valence-corrected chi connectivity index (χ2v) is 6.23. The highest BCUT2D eigenvalue weighted by atomic mass is 32.1. The van der Waals surface area contributed by atoms with E-state index in [1.807, 2.05) is 29.6 Å². The zero-order valence-electron chi connectivity index (χ0n) is 13.2. The normalized spacial score (nSPS) is 10.9. The van der Waals surface area contributed by atoms with E-state index in [1.54, 1.807) is 11.3 Å². The summed E-state index contributed by atoms with van der Waals surface area (Å²) in [7, 11) is 0. The molecule has 2 aromatic rings. The molecule has 3 nitrogen and oxygen atoms in total. The average Bonchev–Trinajstić information content (AvgIpc) is 3.04. The van der Waals surface area contributed by atoms with Crippen LogP contribution in [0.4, 0.5) is 0 Å². The van der Waals surface area contributed by atoms with Crippen molar-refractivity contribution in [3.05, 3.63) is 57.8 Å². The minimum Gasteiger partial charge on any atom is -0.461 e. The summed E-state index contributed by atoms with van der Waals surface area (Å²) in [5.41, 5.74) is 2.32. The Morgan fingerprint density at radius 2 is 1.77 bits per heavy atom. The number of ether oxygens (including phenoxy) is 1. The smallest absolute Gasteiger partial charge is 0.311 e. The van der Waals surface area contributed by atoms with E-state index in [2.05, 4.69) is 30.9 Å². The van der Waals surface area contributed by atoms with Crippen LogP contribution in [0.5, 0.6) is 0 Å². The van der Waals surface area contributed by atoms with Gasteiger partial charge in [-0.15, -0.1) is 11.3 Å². The zero-order chi connectivity index (χ0) is 15.8. The van der Waals surface area contributed by atoms with Gasteiger partial charge in [0.05, 0.1) is 6.42 Å². The minimum absolute atomic E-state index is 0.172. The van der Waals surface area contributed by atoms with Gasteiger partial charge in [0.15, 0.2) is 0 Å². The quantitative estimate of drug-likeness (QED) is 0.692. The molecule has 0 spiro atoms. The van der Waals surface area contributed by atoms with Gasteiger partial charge < -0.3 is 4.74 Å². The lowest BCUT2D eigenvalue weighted by Crippen LogP contribution is -2.22. The van der Waals surface area contributed by atoms with Crippen molar-refractivity contribution >= 4 is 17.3 Å². The maximum atomic E-state index is 11.8. The van der Waals surface area contributed by atoms with Crippen LogP contribution < -0.4 is 0 Å². The number of hydrogen-bond donors (Lipinski definition) is 0. The standard InChI is InChI=1S/C18H23NO2S/c1-3-19(4-2)13-15-7-9-16(10-8-15)14-21-18(20)12-17-6-5-11-22-17/h5-11H,3-4,12-14H2,1-2H3. The number of esters is 1. The Morgan fingerprint density at radius 1 is 1.09 bits per heavy atom. The molecule has 1 aromatic carbocycles. The highest BCUT2D eigenvalue weighted by Crippen LogP contribution is 2.12. The second-order valence-electron chi connectivity index (χ2n) is 5.19. The largest absolute Gasteiger partial charge is 0.461 e. The zero-order valence-corrected chi connectivity index (χ0v) is 14.1. The number of rotatable bonds is 8. The fourth-order valence-corrected chi connectivity index (χ4v) is 2.91. The van der Waals surface area contributed by atoms with Gasteiger partial charge in [0, 0.05) is 11.4 Å². The summed E-state index contributed by atoms with van der Waals surface area (Å²) in [5.74, 6) is -0.172. The van der Waals surface area contributed by atoms with Crippen molar-refractivity contribution in [2.45, 2.75) is 33.4 Å². The van der Waals surface area contributed by atoms with Crippen molar-refractivity contribution < 1.29 is 9.53 Å². The number of hydrogen-bond acceptors (Lipinski definition) is 4. The van der Waals surface area contributed by atoms with Crippen LogP contribution in [0.25, 0.3) is 0 Å². The lowest BCUT2D eigenvalue weighted by molar-refractivity contribution is -0.144. The van der Waals surface area contributed by atoms with Crippen molar-refractivity contribution in [1.29, 1.82) is 0 Å². The van der Waals surface area contributed by atoms with E-state index in [0.717, 1.165) is 30.1 Å². The summed E-state index contributed by atoms with van der Waals surface area (Å²) >= 11 is 1.58. The van der Waals surface area contributed by atoms with Gasteiger partial charge in [0.1, 0.15) is 6.61 Å². The number of thiophene rings is 1. The lowest BCUT2D eigenvalue weighted by Gasteiger charge is -2.18. The van der Waals surface area contributed by atoms with Crippen LogP contribution in [-0.2, 0) is 29.1 Å². The van der Waals surface area contributed by atoms with Gasteiger partial charge in [-0.1, -0.05) is 44.2 Å². The van der Waals surface area contributed by atoms with Crippen LogP contribution in [0.2, 0.25) is 0 Å². The molecule has 118 valence electrons. The predicted octanol–water partition coefficient (Wildman–Crippen LogP) is 3.88. The molecule has 0 saturated heterocycles. The lowest BCUT2D eigenvalue weighted by atomic mass is 10.1. The molecule has 0 bridgehead atoms. The third-order valence-corrected chi connectivity index (χ3v) is 4.50. The Morgan fingerprint density at radius 3 is 2.36 bits per heavy atom. The maximum Gasteiger partial charge on any atom is 0.311 e. The van der Waals surface area contributed by atoms with Crippen molar-refractivity contribution in [3.8, 4) is 0 Å². The summed E-state index contributed by atoms with van der Waals surface area (Å²) in [4.78, 5) is 15.2. The van der Waals surface area contributed by atoms with E-state index in [-0.39, 0.29) is 5.97 Å². The molecular weight excluding hydrogens is 294 g/mol. The van der Waals surface area contributed by atoms with Crippen molar-refractivity contribution in [2.75, 3.05) is 13.1 Å². The van der Waals surface area contributed by atoms with E-state index in [4.69, 9.17) is 4.74 Å². The SMILES string of the molecule is CCN(CC)Cc1ccc(COC(=O)Cc2cccs2)cc1. The molecule has 0 aliphatic carbocycles. The first-order chi connectivity index (χ1) is 10.7. The van der Waals surface area contributed by atoms with Crippen LogP contribution >= 0.6 is 11.3 Å². The third-order valence-electron chi connectivity index (χ3n) is 3.62. The first-order valence-corrected chi connectivity index (χ1v) is 8.57. The summed E-state index contributed by atoms with van der Waals surface area (Å²) in [6.45, 7) is 7.76. The Hall–Kier alpha value is -1.65. The molecule has 2 rings (SSSR count). The van der Waals surface area contributed by atoms with Crippen molar-refractivity contribution in [1.82, 2.24) is 4.90 Å². The fraction of sp³-hybridized carbons (Fsp3) is 0.389. The summed E-state index contributed by atoms with van der Waals surface area (Å²) in [5, 5.41) is 1.97. The van der Waals surface area contributed by atoms with Gasteiger partial charge in [-0.2, -0.15) is 0 Å². The Labute approximate surface area is 136 Å². The third kappa shape index (κ3) is 5.28. The van der Waals surface area contributed by atoms with Crippen LogP contribution in [0, 0.1) is 0 Å². The van der Waals surface area contributed by atoms with E-state index >= 15 is 0 Å². The summed E-state index contributed by atoms with van der Waals surface area (Å²) < 4.78 is 5.32. The second kappa shape index (κ2) is 8.71. The molecule has 1 heterocycles. The highest BCUT2D eigenvalue weighted by Gasteiger charge is 2.06. The molecule has 4 heteroatoms. The molecule has 0 unspecified atom stereocenters. The van der Waals surface area contributed by atoms with E-state index < -0.39 is 0 Å². The minimum atomic E-state index is -0.172. The first-order valence-electron chi connectivity index (χ1n) is 7.69. The first kappa shape index (κ1) is 16.7. The molecule has 1 aromatic heterocycles. The molecule has 0 aliphatic rings. The van der Waals surface area contributed by atoms with Gasteiger partial charge >= 0.3 is 5.97 Å². The van der Waals surface area contributed by atoms with E-state index in [9.17, 15) is 4.79 Å². The van der Waals surface area contributed by atoms with Gasteiger partial charge in [-0.25, -0.2) is 0 Å². The number of benzene rings is 1. The summed E-state index contributed by atoms with van der Waals surface area (Å²) in [6.07, 6.45) is 0.359. The highest BCUT2D eigenvalue weighted by molar-refractivity contribution is 7.10. The van der Waals surface area contributed by atoms with Crippen molar-refractivity contribution in [2.24, 2.45) is 0 Å². The van der Waals surface area contributed by atoms with Gasteiger partial charge in [0.25, 0.3) is 0 Å². The number of nitrogens with zero attached hydrogens (tertiary/aromatic N) is 1. The molecule has 0 saturated carbocycles. The summed E-state index contributed by atoms with van der Waals surface area (Å²) in [6, 6.07) is 12.2. The molecule has 0 radical (unpaired) electrons. The monoisotopic (exact) mass is 317 g/mol. The Kier molecular flexibility index (Phi) is 6.62. The van der Waals surface area contributed by atoms with Gasteiger partial charge in [0.2, 0.25) is 0 Å². The fourth-order valence-electron chi connectivity index (χ4n) is 2.22. The molecule has 22 heavy (non-hydrogen) atoms. The van der Waals surface area contributed by atoms with Crippen LogP contribution in [-0.4, -0.2) is 24.0 Å². The Bertz CT molecular complexity index is 559. The molecular formula is C18H23NO2S. The van der Waals surface area contributed by atoms with Gasteiger partial charge in [-0.3, -0.25) is 9.69 Å². The van der Waals surface area contributed by atoms with Crippen LogP contribution in [0.1, 0.15) is 29.9 Å². The topological polar surface area (TPSA) is 29.5 Å². The molecule has 0 N–H and O–H groups in total. The van der Waals surface area contributed by atoms with Crippen molar-refractivity contribution in [3.63, 3.8) is 0 Å². The average molecular weight is 317 g/mol. The molecule has 0 amide bonds. The van der Waals surface area contributed by atoms with E-state index in [1.165, 1.54) is 5.56 Å². The number of carbonyl (C=O) groups is 1. The molecule has 0 aliphatic heterocycles.